The molecule has 13 heteroatoms. The number of thiazole rings is 1. The second-order valence-electron chi connectivity index (χ2n) is 8.28. The first-order valence-electron chi connectivity index (χ1n) is 11.8. The van der Waals surface area contributed by atoms with Gasteiger partial charge in [0.15, 0.2) is 5.69 Å². The first-order valence-corrected chi connectivity index (χ1v) is 12.6. The van der Waals surface area contributed by atoms with Crippen molar-refractivity contribution in [3.63, 3.8) is 0 Å². The first kappa shape index (κ1) is 29.4. The van der Waals surface area contributed by atoms with Crippen LogP contribution in [0.4, 0.5) is 26.3 Å². The lowest BCUT2D eigenvalue weighted by molar-refractivity contribution is -0.274. The summed E-state index contributed by atoms with van der Waals surface area (Å²) in [5.41, 5.74) is 0.0585. The molecular formula is C25H26F6N4O2S. The van der Waals surface area contributed by atoms with Gasteiger partial charge in [-0.3, -0.25) is 14.7 Å². The number of halogens is 6. The van der Waals surface area contributed by atoms with Crippen molar-refractivity contribution in [2.75, 3.05) is 19.6 Å². The van der Waals surface area contributed by atoms with E-state index in [0.717, 1.165) is 31.6 Å². The summed E-state index contributed by atoms with van der Waals surface area (Å²) < 4.78 is 82.6. The molecule has 2 aromatic heterocycles. The number of hydrogen-bond acceptors (Lipinski definition) is 6. The van der Waals surface area contributed by atoms with E-state index < -0.39 is 34.8 Å². The van der Waals surface area contributed by atoms with Crippen molar-refractivity contribution in [3.05, 3.63) is 64.3 Å². The van der Waals surface area contributed by atoms with Gasteiger partial charge in [0.1, 0.15) is 21.3 Å². The fourth-order valence-electron chi connectivity index (χ4n) is 3.73. The van der Waals surface area contributed by atoms with E-state index in [1.54, 1.807) is 12.1 Å². The number of nitrogens with one attached hydrogen (secondary N) is 1. The minimum absolute atomic E-state index is 0.0253. The third-order valence-corrected chi connectivity index (χ3v) is 6.47. The fourth-order valence-corrected chi connectivity index (χ4v) is 4.76. The molecule has 2 heterocycles. The Bertz CT molecular complexity index is 1230. The molecule has 0 fully saturated rings. The Morgan fingerprint density at radius 3 is 2.53 bits per heavy atom. The monoisotopic (exact) mass is 560 g/mol. The highest BCUT2D eigenvalue weighted by atomic mass is 32.1. The summed E-state index contributed by atoms with van der Waals surface area (Å²) in [6.07, 6.45) is -7.30. The van der Waals surface area contributed by atoms with Crippen LogP contribution in [0.5, 0.6) is 5.75 Å². The standard InChI is InChI=1S/C25H26F6N4O2S/c1-3-13-35(4-2)15-17-8-6-11-32-19(17)23-34-21(24(26,27)28)20(38-23)22(36)33-12-10-16-7-5-9-18(14-16)37-25(29,30)31/h5-9,11,14H,3-4,10,12-13,15H2,1-2H3,(H,33,36). The number of pyridine rings is 1. The van der Waals surface area contributed by atoms with Gasteiger partial charge < -0.3 is 10.1 Å². The number of rotatable bonds is 11. The van der Waals surface area contributed by atoms with Crippen molar-refractivity contribution in [2.24, 2.45) is 0 Å². The molecule has 38 heavy (non-hydrogen) atoms. The number of ether oxygens (including phenoxy) is 1. The van der Waals surface area contributed by atoms with Gasteiger partial charge in [-0.15, -0.1) is 24.5 Å². The molecule has 0 aliphatic carbocycles. The van der Waals surface area contributed by atoms with Gasteiger partial charge in [0.25, 0.3) is 5.91 Å². The average molecular weight is 561 g/mol. The van der Waals surface area contributed by atoms with Crippen LogP contribution < -0.4 is 10.1 Å². The van der Waals surface area contributed by atoms with E-state index in [1.165, 1.54) is 18.3 Å². The molecule has 0 saturated carbocycles. The largest absolute Gasteiger partial charge is 0.573 e. The maximum Gasteiger partial charge on any atom is 0.573 e. The fraction of sp³-hybridized carbons (Fsp3) is 0.400. The lowest BCUT2D eigenvalue weighted by Gasteiger charge is -2.20. The van der Waals surface area contributed by atoms with Crippen LogP contribution in [0.3, 0.4) is 0 Å². The van der Waals surface area contributed by atoms with Crippen molar-refractivity contribution >= 4 is 17.2 Å². The predicted molar refractivity (Wildman–Crippen MR) is 131 cm³/mol. The van der Waals surface area contributed by atoms with E-state index in [4.69, 9.17) is 0 Å². The third-order valence-electron chi connectivity index (χ3n) is 5.41. The summed E-state index contributed by atoms with van der Waals surface area (Å²) in [4.78, 5) is 22.3. The Balaban J connectivity index is 1.79. The predicted octanol–water partition coefficient (Wildman–Crippen LogP) is 6.33. The summed E-state index contributed by atoms with van der Waals surface area (Å²) >= 11 is 0.596. The molecule has 0 saturated heterocycles. The van der Waals surface area contributed by atoms with Crippen molar-refractivity contribution in [1.29, 1.82) is 0 Å². The zero-order valence-electron chi connectivity index (χ0n) is 20.6. The number of benzene rings is 1. The molecule has 1 aromatic carbocycles. The number of hydrogen-bond donors (Lipinski definition) is 1. The Hall–Kier alpha value is -3.19. The lowest BCUT2D eigenvalue weighted by atomic mass is 10.1. The highest BCUT2D eigenvalue weighted by molar-refractivity contribution is 7.17. The molecular weight excluding hydrogens is 534 g/mol. The molecule has 0 unspecified atom stereocenters. The summed E-state index contributed by atoms with van der Waals surface area (Å²) in [6, 6.07) is 8.59. The average Bonchev–Trinajstić information content (AvgIpc) is 3.29. The summed E-state index contributed by atoms with van der Waals surface area (Å²) in [6.45, 7) is 5.91. The van der Waals surface area contributed by atoms with E-state index >= 15 is 0 Å². The van der Waals surface area contributed by atoms with E-state index in [2.05, 4.69) is 24.9 Å². The minimum Gasteiger partial charge on any atom is -0.406 e. The van der Waals surface area contributed by atoms with Gasteiger partial charge in [-0.25, -0.2) is 4.98 Å². The lowest BCUT2D eigenvalue weighted by Crippen LogP contribution is -2.27. The number of nitrogens with zero attached hydrogens (tertiary/aromatic N) is 3. The second-order valence-corrected chi connectivity index (χ2v) is 9.27. The van der Waals surface area contributed by atoms with Crippen molar-refractivity contribution in [3.8, 4) is 16.5 Å². The van der Waals surface area contributed by atoms with E-state index in [-0.39, 0.29) is 23.7 Å². The van der Waals surface area contributed by atoms with Gasteiger partial charge in [0.05, 0.1) is 0 Å². The third kappa shape index (κ3) is 8.15. The van der Waals surface area contributed by atoms with Crippen LogP contribution in [0, 0.1) is 0 Å². The molecule has 0 atom stereocenters. The normalized spacial score (nSPS) is 12.1. The topological polar surface area (TPSA) is 67.4 Å². The molecule has 3 aromatic rings. The van der Waals surface area contributed by atoms with Crippen LogP contribution in [0.15, 0.2) is 42.6 Å². The molecule has 0 bridgehead atoms. The summed E-state index contributed by atoms with van der Waals surface area (Å²) in [5.74, 6) is -1.41. The number of carbonyl (C=O) groups excluding carboxylic acids is 1. The molecule has 0 radical (unpaired) electrons. The van der Waals surface area contributed by atoms with E-state index in [0.29, 0.717) is 29.0 Å². The molecule has 0 aliphatic heterocycles. The Kier molecular flexibility index (Phi) is 9.71. The Morgan fingerprint density at radius 2 is 1.87 bits per heavy atom. The van der Waals surface area contributed by atoms with Crippen LogP contribution in [-0.2, 0) is 19.1 Å². The van der Waals surface area contributed by atoms with E-state index in [1.807, 2.05) is 13.8 Å². The van der Waals surface area contributed by atoms with Gasteiger partial charge in [-0.1, -0.05) is 32.0 Å². The van der Waals surface area contributed by atoms with E-state index in [9.17, 15) is 31.1 Å². The minimum atomic E-state index is -4.88. The zero-order valence-corrected chi connectivity index (χ0v) is 21.4. The first-order chi connectivity index (χ1) is 17.9. The number of alkyl halides is 6. The summed E-state index contributed by atoms with van der Waals surface area (Å²) in [5, 5.41) is 2.38. The van der Waals surface area contributed by atoms with Gasteiger partial charge >= 0.3 is 12.5 Å². The zero-order chi connectivity index (χ0) is 27.9. The smallest absolute Gasteiger partial charge is 0.406 e. The van der Waals surface area contributed by atoms with Gasteiger partial charge in [0, 0.05) is 19.3 Å². The van der Waals surface area contributed by atoms with Crippen molar-refractivity contribution in [1.82, 2.24) is 20.2 Å². The number of carbonyl (C=O) groups is 1. The molecule has 1 amide bonds. The molecule has 3 rings (SSSR count). The highest BCUT2D eigenvalue weighted by Gasteiger charge is 2.40. The number of amides is 1. The van der Waals surface area contributed by atoms with Crippen molar-refractivity contribution in [2.45, 2.75) is 45.8 Å². The van der Waals surface area contributed by atoms with Crippen LogP contribution in [0.2, 0.25) is 0 Å². The molecule has 0 spiro atoms. The van der Waals surface area contributed by atoms with Crippen LogP contribution in [0.1, 0.15) is 46.8 Å². The number of aromatic nitrogens is 2. The highest BCUT2D eigenvalue weighted by Crippen LogP contribution is 2.38. The van der Waals surface area contributed by atoms with Crippen molar-refractivity contribution < 1.29 is 35.9 Å². The van der Waals surface area contributed by atoms with Gasteiger partial charge in [-0.05, 0) is 55.3 Å². The van der Waals surface area contributed by atoms with Crippen LogP contribution in [-0.4, -0.2) is 46.8 Å². The maximum absolute atomic E-state index is 13.8. The Labute approximate surface area is 219 Å². The molecule has 0 aliphatic rings. The Morgan fingerprint density at radius 1 is 1.11 bits per heavy atom. The molecule has 206 valence electrons. The second kappa shape index (κ2) is 12.6. The van der Waals surface area contributed by atoms with Crippen LogP contribution >= 0.6 is 11.3 Å². The molecule has 1 N–H and O–H groups in total. The quantitative estimate of drug-likeness (QED) is 0.278. The van der Waals surface area contributed by atoms with Gasteiger partial charge in [-0.2, -0.15) is 13.2 Å². The molecule has 6 nitrogen and oxygen atoms in total. The summed E-state index contributed by atoms with van der Waals surface area (Å²) in [7, 11) is 0. The van der Waals surface area contributed by atoms with Gasteiger partial charge in [0.2, 0.25) is 0 Å². The van der Waals surface area contributed by atoms with Crippen LogP contribution in [0.25, 0.3) is 10.7 Å². The maximum atomic E-state index is 13.8. The SMILES string of the molecule is CCCN(CC)Cc1cccnc1-c1nc(C(F)(F)F)c(C(=O)NCCc2cccc(OC(F)(F)F)c2)s1.